The number of benzene rings is 2. The molecule has 0 unspecified atom stereocenters. The maximum atomic E-state index is 13.7. The van der Waals surface area contributed by atoms with Gasteiger partial charge in [-0.1, -0.05) is 34.1 Å². The molecule has 0 saturated carbocycles. The number of para-hydroxylation sites is 1. The lowest BCUT2D eigenvalue weighted by atomic mass is 10.1. The quantitative estimate of drug-likeness (QED) is 0.904. The minimum Gasteiger partial charge on any atom is -0.389 e. The van der Waals surface area contributed by atoms with E-state index in [0.29, 0.717) is 5.69 Å². The first-order chi connectivity index (χ1) is 9.00. The van der Waals surface area contributed by atoms with Crippen molar-refractivity contribution in [3.63, 3.8) is 0 Å². The van der Waals surface area contributed by atoms with Gasteiger partial charge in [0.15, 0.2) is 0 Å². The van der Waals surface area contributed by atoms with Gasteiger partial charge in [-0.05, 0) is 36.8 Å². The summed E-state index contributed by atoms with van der Waals surface area (Å²) in [6, 6.07) is 12.2. The first-order valence-corrected chi connectivity index (χ1v) is 6.75. The van der Waals surface area contributed by atoms with Crippen LogP contribution in [0.15, 0.2) is 46.9 Å². The minimum atomic E-state index is -0.540. The number of halogens is 2. The van der Waals surface area contributed by atoms with E-state index in [9.17, 15) is 9.50 Å². The van der Waals surface area contributed by atoms with Crippen LogP contribution in [0.25, 0.3) is 0 Å². The van der Waals surface area contributed by atoms with Crippen LogP contribution >= 0.6 is 15.9 Å². The highest BCUT2D eigenvalue weighted by Gasteiger charge is 2.12. The van der Waals surface area contributed by atoms with Crippen LogP contribution in [0, 0.1) is 5.82 Å². The van der Waals surface area contributed by atoms with E-state index in [0.717, 1.165) is 15.7 Å². The van der Waals surface area contributed by atoms with Crippen LogP contribution in [0.5, 0.6) is 0 Å². The van der Waals surface area contributed by atoms with Crippen molar-refractivity contribution < 1.29 is 9.50 Å². The van der Waals surface area contributed by atoms with E-state index in [2.05, 4.69) is 15.9 Å². The number of aliphatic hydroxyl groups excluding tert-OH is 1. The van der Waals surface area contributed by atoms with Gasteiger partial charge >= 0.3 is 0 Å². The van der Waals surface area contributed by atoms with Gasteiger partial charge in [0.05, 0.1) is 11.8 Å². The largest absolute Gasteiger partial charge is 0.389 e. The van der Waals surface area contributed by atoms with E-state index in [-0.39, 0.29) is 5.82 Å². The molecular formula is C15H15BrFNO. The zero-order valence-corrected chi connectivity index (χ0v) is 12.4. The molecule has 0 saturated heterocycles. The van der Waals surface area contributed by atoms with Crippen molar-refractivity contribution in [2.45, 2.75) is 13.0 Å². The summed E-state index contributed by atoms with van der Waals surface area (Å²) in [4.78, 5) is 1.77. The normalized spacial score (nSPS) is 12.3. The summed E-state index contributed by atoms with van der Waals surface area (Å²) >= 11 is 3.43. The van der Waals surface area contributed by atoms with Gasteiger partial charge in [-0.25, -0.2) is 4.39 Å². The molecule has 2 aromatic carbocycles. The number of aliphatic hydroxyl groups is 1. The van der Waals surface area contributed by atoms with E-state index in [4.69, 9.17) is 0 Å². The second-order valence-electron chi connectivity index (χ2n) is 4.39. The van der Waals surface area contributed by atoms with Crippen LogP contribution in [0.2, 0.25) is 0 Å². The molecule has 0 amide bonds. The first-order valence-electron chi connectivity index (χ1n) is 5.96. The van der Waals surface area contributed by atoms with Gasteiger partial charge in [0.25, 0.3) is 0 Å². The van der Waals surface area contributed by atoms with Crippen LogP contribution in [0.1, 0.15) is 18.6 Å². The summed E-state index contributed by atoms with van der Waals surface area (Å²) in [5, 5.41) is 9.59. The van der Waals surface area contributed by atoms with Crippen molar-refractivity contribution in [1.29, 1.82) is 0 Å². The highest BCUT2D eigenvalue weighted by atomic mass is 79.9. The summed E-state index contributed by atoms with van der Waals surface area (Å²) in [6.07, 6.45) is -0.540. The third-order valence-electron chi connectivity index (χ3n) is 3.04. The molecule has 2 nitrogen and oxygen atoms in total. The molecule has 0 aliphatic rings. The van der Waals surface area contributed by atoms with Crippen molar-refractivity contribution in [2.75, 3.05) is 11.9 Å². The highest BCUT2D eigenvalue weighted by molar-refractivity contribution is 9.10. The fourth-order valence-corrected chi connectivity index (χ4v) is 2.62. The van der Waals surface area contributed by atoms with Gasteiger partial charge in [0, 0.05) is 17.2 Å². The maximum absolute atomic E-state index is 13.7. The van der Waals surface area contributed by atoms with Crippen LogP contribution < -0.4 is 4.90 Å². The average Bonchev–Trinajstić information content (AvgIpc) is 2.38. The molecule has 1 atom stereocenters. The van der Waals surface area contributed by atoms with Crippen molar-refractivity contribution >= 4 is 27.3 Å². The number of hydrogen-bond donors (Lipinski definition) is 1. The molecular weight excluding hydrogens is 309 g/mol. The Kier molecular flexibility index (Phi) is 4.22. The van der Waals surface area contributed by atoms with E-state index >= 15 is 0 Å². The third kappa shape index (κ3) is 2.96. The Hall–Kier alpha value is -1.39. The monoisotopic (exact) mass is 323 g/mol. The van der Waals surface area contributed by atoms with Crippen molar-refractivity contribution in [1.82, 2.24) is 0 Å². The molecule has 0 aliphatic heterocycles. The molecule has 1 N–H and O–H groups in total. The third-order valence-corrected chi connectivity index (χ3v) is 3.72. The Balaban J connectivity index is 2.38. The molecule has 0 heterocycles. The Bertz CT molecular complexity index is 586. The highest BCUT2D eigenvalue weighted by Crippen LogP contribution is 2.31. The number of rotatable bonds is 3. The smallest absolute Gasteiger partial charge is 0.146 e. The summed E-state index contributed by atoms with van der Waals surface area (Å²) in [5.74, 6) is -0.263. The van der Waals surface area contributed by atoms with Gasteiger partial charge in [0.1, 0.15) is 5.82 Å². The van der Waals surface area contributed by atoms with E-state index in [1.807, 2.05) is 25.2 Å². The standard InChI is InChI=1S/C15H15BrFNO/c1-10(19)12-8-7-11(9-13(12)16)18(2)15-6-4-3-5-14(15)17/h3-10,19H,1-2H3/t10-/m1/s1. The summed E-state index contributed by atoms with van der Waals surface area (Å²) < 4.78 is 14.5. The number of hydrogen-bond acceptors (Lipinski definition) is 2. The van der Waals surface area contributed by atoms with Crippen LogP contribution in [0.3, 0.4) is 0 Å². The summed E-state index contributed by atoms with van der Waals surface area (Å²) in [7, 11) is 1.81. The van der Waals surface area contributed by atoms with E-state index < -0.39 is 6.10 Å². The molecule has 0 bridgehead atoms. The first kappa shape index (κ1) is 14.0. The molecule has 4 heteroatoms. The fourth-order valence-electron chi connectivity index (χ4n) is 1.93. The molecule has 100 valence electrons. The van der Waals surface area contributed by atoms with Gasteiger partial charge in [0.2, 0.25) is 0 Å². The lowest BCUT2D eigenvalue weighted by Gasteiger charge is -2.21. The Morgan fingerprint density at radius 1 is 1.21 bits per heavy atom. The van der Waals surface area contributed by atoms with Gasteiger partial charge < -0.3 is 10.0 Å². The van der Waals surface area contributed by atoms with Crippen molar-refractivity contribution in [3.8, 4) is 0 Å². The zero-order chi connectivity index (χ0) is 14.0. The predicted molar refractivity (Wildman–Crippen MR) is 79.2 cm³/mol. The Labute approximate surface area is 120 Å². The van der Waals surface area contributed by atoms with Crippen molar-refractivity contribution in [2.24, 2.45) is 0 Å². The second-order valence-corrected chi connectivity index (χ2v) is 5.25. The maximum Gasteiger partial charge on any atom is 0.146 e. The lowest BCUT2D eigenvalue weighted by Crippen LogP contribution is -2.11. The summed E-state index contributed by atoms with van der Waals surface area (Å²) in [5.41, 5.74) is 2.17. The topological polar surface area (TPSA) is 23.5 Å². The van der Waals surface area contributed by atoms with E-state index in [1.165, 1.54) is 6.07 Å². The molecule has 0 aliphatic carbocycles. The van der Waals surface area contributed by atoms with Crippen LogP contribution in [-0.4, -0.2) is 12.2 Å². The molecule has 19 heavy (non-hydrogen) atoms. The van der Waals surface area contributed by atoms with Gasteiger partial charge in [-0.15, -0.1) is 0 Å². The lowest BCUT2D eigenvalue weighted by molar-refractivity contribution is 0.198. The van der Waals surface area contributed by atoms with Crippen LogP contribution in [0.4, 0.5) is 15.8 Å². The van der Waals surface area contributed by atoms with Crippen LogP contribution in [-0.2, 0) is 0 Å². The number of anilines is 2. The van der Waals surface area contributed by atoms with Gasteiger partial charge in [-0.3, -0.25) is 0 Å². The molecule has 0 aromatic heterocycles. The molecule has 2 aromatic rings. The van der Waals surface area contributed by atoms with Crippen molar-refractivity contribution in [3.05, 3.63) is 58.3 Å². The molecule has 0 radical (unpaired) electrons. The molecule has 0 fully saturated rings. The second kappa shape index (κ2) is 5.72. The predicted octanol–water partition coefficient (Wildman–Crippen LogP) is 4.41. The van der Waals surface area contributed by atoms with E-state index in [1.54, 1.807) is 30.0 Å². The molecule has 2 rings (SSSR count). The minimum absolute atomic E-state index is 0.263. The summed E-state index contributed by atoms with van der Waals surface area (Å²) in [6.45, 7) is 1.71. The molecule has 0 spiro atoms. The average molecular weight is 324 g/mol. The SMILES string of the molecule is C[C@@H](O)c1ccc(N(C)c2ccccc2F)cc1Br. The zero-order valence-electron chi connectivity index (χ0n) is 10.8. The number of nitrogens with zero attached hydrogens (tertiary/aromatic N) is 1. The fraction of sp³-hybridized carbons (Fsp3) is 0.200. The van der Waals surface area contributed by atoms with Gasteiger partial charge in [-0.2, -0.15) is 0 Å². The Morgan fingerprint density at radius 2 is 1.89 bits per heavy atom. The Morgan fingerprint density at radius 3 is 2.47 bits per heavy atom.